The van der Waals surface area contributed by atoms with Gasteiger partial charge in [-0.3, -0.25) is 9.59 Å². The van der Waals surface area contributed by atoms with Crippen LogP contribution in [0.2, 0.25) is 0 Å². The molecule has 0 atom stereocenters. The van der Waals surface area contributed by atoms with Crippen molar-refractivity contribution in [1.82, 2.24) is 0 Å². The molecular weight excluding hydrogens is 424 g/mol. The minimum atomic E-state index is -1.70. The van der Waals surface area contributed by atoms with Crippen molar-refractivity contribution >= 4 is 43.4 Å². The molecule has 0 amide bonds. The van der Waals surface area contributed by atoms with E-state index >= 15 is 0 Å². The fraction of sp³-hybridized carbons (Fsp3) is 0.231. The quantitative estimate of drug-likeness (QED) is 0.250. The van der Waals surface area contributed by atoms with Gasteiger partial charge in [0.15, 0.2) is 0 Å². The van der Waals surface area contributed by atoms with Crippen molar-refractivity contribution in [3.63, 3.8) is 0 Å². The molecule has 1 heterocycles. The van der Waals surface area contributed by atoms with E-state index in [0.29, 0.717) is 16.9 Å². The molecule has 4 rings (SSSR count). The molecule has 0 saturated carbocycles. The topological polar surface area (TPSA) is 61.8 Å². The SMILES string of the molecule is CCC(=O)OC(OC(=O)CC)(c1ccc(OC)cc1)c1ccc2sc3ccccc3c2c1. The van der Waals surface area contributed by atoms with E-state index in [1.165, 1.54) is 0 Å². The molecule has 6 heteroatoms. The van der Waals surface area contributed by atoms with Crippen molar-refractivity contribution in [1.29, 1.82) is 0 Å². The van der Waals surface area contributed by atoms with Crippen LogP contribution in [0, 0.1) is 0 Å². The van der Waals surface area contributed by atoms with Crippen LogP contribution in [0.1, 0.15) is 37.8 Å². The van der Waals surface area contributed by atoms with Crippen LogP contribution in [-0.4, -0.2) is 19.0 Å². The highest BCUT2D eigenvalue weighted by Crippen LogP contribution is 2.41. The highest BCUT2D eigenvalue weighted by atomic mass is 32.1. The van der Waals surface area contributed by atoms with Crippen molar-refractivity contribution < 1.29 is 23.8 Å². The average Bonchev–Trinajstić information content (AvgIpc) is 3.21. The van der Waals surface area contributed by atoms with Crippen LogP contribution in [0.4, 0.5) is 0 Å². The molecule has 3 aromatic carbocycles. The maximum atomic E-state index is 12.6. The van der Waals surface area contributed by atoms with E-state index < -0.39 is 17.7 Å². The van der Waals surface area contributed by atoms with Gasteiger partial charge in [-0.2, -0.15) is 0 Å². The second-order valence-electron chi connectivity index (χ2n) is 7.31. The van der Waals surface area contributed by atoms with E-state index in [0.717, 1.165) is 20.2 Å². The zero-order valence-electron chi connectivity index (χ0n) is 18.2. The Balaban J connectivity index is 1.98. The van der Waals surface area contributed by atoms with Crippen LogP contribution in [0.5, 0.6) is 5.75 Å². The van der Waals surface area contributed by atoms with Crippen LogP contribution in [0.15, 0.2) is 66.7 Å². The number of carbonyl (C=O) groups is 2. The van der Waals surface area contributed by atoms with Gasteiger partial charge in [-0.15, -0.1) is 11.3 Å². The molecule has 0 aliphatic carbocycles. The molecule has 0 aliphatic heterocycles. The molecule has 0 unspecified atom stereocenters. The molecule has 0 radical (unpaired) electrons. The Labute approximate surface area is 190 Å². The van der Waals surface area contributed by atoms with Gasteiger partial charge in [0.2, 0.25) is 0 Å². The molecule has 1 aromatic heterocycles. The summed E-state index contributed by atoms with van der Waals surface area (Å²) in [5.74, 6) is -2.01. The number of hydrogen-bond acceptors (Lipinski definition) is 6. The largest absolute Gasteiger partial charge is 0.497 e. The van der Waals surface area contributed by atoms with Gasteiger partial charge in [0.1, 0.15) is 5.75 Å². The molecular formula is C26H24O5S. The number of hydrogen-bond donors (Lipinski definition) is 0. The second kappa shape index (κ2) is 9.01. The summed E-state index contributed by atoms with van der Waals surface area (Å²) in [5, 5.41) is 2.11. The van der Waals surface area contributed by atoms with Gasteiger partial charge in [-0.05, 0) is 48.5 Å². The Bertz CT molecular complexity index is 1250. The summed E-state index contributed by atoms with van der Waals surface area (Å²) in [6.45, 7) is 3.41. The van der Waals surface area contributed by atoms with Crippen molar-refractivity contribution in [2.45, 2.75) is 32.5 Å². The van der Waals surface area contributed by atoms with Crippen molar-refractivity contribution in [3.05, 3.63) is 77.9 Å². The highest BCUT2D eigenvalue weighted by Gasteiger charge is 2.43. The van der Waals surface area contributed by atoms with Gasteiger partial charge in [-0.25, -0.2) is 0 Å². The first-order valence-electron chi connectivity index (χ1n) is 10.5. The Morgan fingerprint density at radius 2 is 1.38 bits per heavy atom. The van der Waals surface area contributed by atoms with Crippen LogP contribution in [-0.2, 0) is 24.8 Å². The molecule has 0 bridgehead atoms. The standard InChI is InChI=1S/C26H24O5S/c1-4-24(27)30-26(31-25(28)5-2,17-10-13-19(29-3)14-11-17)18-12-15-23-21(16-18)20-8-6-7-9-22(20)32-23/h6-16H,4-5H2,1-3H3. The number of benzene rings is 3. The van der Waals surface area contributed by atoms with Crippen molar-refractivity contribution in [2.75, 3.05) is 7.11 Å². The minimum absolute atomic E-state index is 0.144. The monoisotopic (exact) mass is 448 g/mol. The maximum absolute atomic E-state index is 12.6. The zero-order valence-corrected chi connectivity index (χ0v) is 19.0. The molecule has 0 N–H and O–H groups in total. The number of fused-ring (bicyclic) bond motifs is 3. The Morgan fingerprint density at radius 1 is 0.781 bits per heavy atom. The van der Waals surface area contributed by atoms with Gasteiger partial charge >= 0.3 is 17.7 Å². The first-order valence-corrected chi connectivity index (χ1v) is 11.3. The lowest BCUT2D eigenvalue weighted by Gasteiger charge is -2.33. The van der Waals surface area contributed by atoms with E-state index in [2.05, 4.69) is 12.1 Å². The normalized spacial score (nSPS) is 11.5. The smallest absolute Gasteiger partial charge is 0.310 e. The summed E-state index contributed by atoms with van der Waals surface area (Å²) in [6, 6.07) is 20.9. The average molecular weight is 449 g/mol. The fourth-order valence-electron chi connectivity index (χ4n) is 3.63. The molecule has 164 valence electrons. The van der Waals surface area contributed by atoms with Gasteiger partial charge in [0.25, 0.3) is 0 Å². The number of methoxy groups -OCH3 is 1. The van der Waals surface area contributed by atoms with E-state index in [1.807, 2.05) is 30.3 Å². The first kappa shape index (κ1) is 21.8. The van der Waals surface area contributed by atoms with Crippen LogP contribution in [0.3, 0.4) is 0 Å². The Hall–Kier alpha value is -3.38. The third-order valence-electron chi connectivity index (χ3n) is 5.32. The second-order valence-corrected chi connectivity index (χ2v) is 8.39. The number of thiophene rings is 1. The van der Waals surface area contributed by atoms with Crippen molar-refractivity contribution in [2.24, 2.45) is 0 Å². The summed E-state index contributed by atoms with van der Waals surface area (Å²) in [4.78, 5) is 25.1. The van der Waals surface area contributed by atoms with Gasteiger partial charge in [0.05, 0.1) is 7.11 Å². The van der Waals surface area contributed by atoms with Gasteiger partial charge in [-0.1, -0.05) is 32.0 Å². The predicted octanol–water partition coefficient (Wildman–Crippen LogP) is 6.17. The molecule has 32 heavy (non-hydrogen) atoms. The van der Waals surface area contributed by atoms with E-state index in [4.69, 9.17) is 14.2 Å². The van der Waals surface area contributed by atoms with Gasteiger partial charge < -0.3 is 14.2 Å². The van der Waals surface area contributed by atoms with Crippen LogP contribution >= 0.6 is 11.3 Å². The third-order valence-corrected chi connectivity index (χ3v) is 6.47. The summed E-state index contributed by atoms with van der Waals surface area (Å²) >= 11 is 1.69. The Morgan fingerprint density at radius 3 is 2.00 bits per heavy atom. The summed E-state index contributed by atoms with van der Waals surface area (Å²) in [6.07, 6.45) is 0.288. The highest BCUT2D eigenvalue weighted by molar-refractivity contribution is 7.25. The van der Waals surface area contributed by atoms with Crippen LogP contribution < -0.4 is 4.74 Å². The first-order chi connectivity index (χ1) is 15.5. The minimum Gasteiger partial charge on any atom is -0.497 e. The lowest BCUT2D eigenvalue weighted by molar-refractivity contribution is -0.218. The number of esters is 2. The lowest BCUT2D eigenvalue weighted by Crippen LogP contribution is -2.38. The van der Waals surface area contributed by atoms with E-state index in [-0.39, 0.29) is 12.8 Å². The molecule has 0 fully saturated rings. The molecule has 5 nitrogen and oxygen atoms in total. The van der Waals surface area contributed by atoms with E-state index in [1.54, 1.807) is 56.6 Å². The summed E-state index contributed by atoms with van der Waals surface area (Å²) < 4.78 is 19.4. The maximum Gasteiger partial charge on any atom is 0.310 e. The molecule has 4 aromatic rings. The molecule has 0 aliphatic rings. The predicted molar refractivity (Wildman–Crippen MR) is 126 cm³/mol. The summed E-state index contributed by atoms with van der Waals surface area (Å²) in [7, 11) is 1.58. The third kappa shape index (κ3) is 3.94. The lowest BCUT2D eigenvalue weighted by atomic mass is 9.95. The van der Waals surface area contributed by atoms with Crippen molar-refractivity contribution in [3.8, 4) is 5.75 Å². The molecule has 0 saturated heterocycles. The Kier molecular flexibility index (Phi) is 6.15. The fourth-order valence-corrected chi connectivity index (χ4v) is 4.72. The van der Waals surface area contributed by atoms with Gasteiger partial charge in [0, 0.05) is 44.1 Å². The summed E-state index contributed by atoms with van der Waals surface area (Å²) in [5.41, 5.74) is 1.10. The number of carbonyl (C=O) groups excluding carboxylic acids is 2. The number of ether oxygens (including phenoxy) is 3. The zero-order chi connectivity index (χ0) is 22.7. The molecule has 0 spiro atoms. The number of rotatable bonds is 7. The van der Waals surface area contributed by atoms with Crippen LogP contribution in [0.25, 0.3) is 20.2 Å². The van der Waals surface area contributed by atoms with E-state index in [9.17, 15) is 9.59 Å².